The predicted octanol–water partition coefficient (Wildman–Crippen LogP) is 3.49. The third-order valence-electron chi connectivity index (χ3n) is 5.24. The molecule has 0 aliphatic carbocycles. The molecule has 0 saturated heterocycles. The van der Waals surface area contributed by atoms with E-state index in [1.54, 1.807) is 54.6 Å². The summed E-state index contributed by atoms with van der Waals surface area (Å²) >= 11 is 0. The second kappa shape index (κ2) is 11.0. The molecule has 174 valence electrons. The summed E-state index contributed by atoms with van der Waals surface area (Å²) in [5.41, 5.74) is 2.25. The van der Waals surface area contributed by atoms with Crippen LogP contribution in [0.25, 0.3) is 0 Å². The maximum absolute atomic E-state index is 12.8. The van der Waals surface area contributed by atoms with Gasteiger partial charge in [0, 0.05) is 25.1 Å². The van der Waals surface area contributed by atoms with Crippen LogP contribution in [0.4, 0.5) is 5.69 Å². The van der Waals surface area contributed by atoms with Crippen LogP contribution in [0.3, 0.4) is 0 Å². The standard InChI is InChI=1S/C26H25N3O5/c30-24(11-6-14-27-25(31)19-7-2-1-3-8-19)29-21-10-5-4-9-20(21)26(32)28-16-18-12-13-22-23(15-18)34-17-33-22/h1-5,7-10,12-13,15H,6,11,14,16-17H2,(H,27,31)(H,28,32)(H,29,30). The Bertz CT molecular complexity index is 1180. The molecular weight excluding hydrogens is 434 g/mol. The zero-order valence-electron chi connectivity index (χ0n) is 18.5. The molecule has 0 fully saturated rings. The van der Waals surface area contributed by atoms with E-state index >= 15 is 0 Å². The molecule has 0 saturated carbocycles. The van der Waals surface area contributed by atoms with Gasteiger partial charge in [0.2, 0.25) is 12.7 Å². The van der Waals surface area contributed by atoms with Crippen molar-refractivity contribution in [3.05, 3.63) is 89.5 Å². The van der Waals surface area contributed by atoms with Gasteiger partial charge in [-0.3, -0.25) is 14.4 Å². The van der Waals surface area contributed by atoms with Crippen LogP contribution in [0.2, 0.25) is 0 Å². The summed E-state index contributed by atoms with van der Waals surface area (Å²) in [4.78, 5) is 37.2. The fourth-order valence-corrected chi connectivity index (χ4v) is 3.47. The molecule has 3 N–H and O–H groups in total. The van der Waals surface area contributed by atoms with Crippen LogP contribution in [-0.4, -0.2) is 31.1 Å². The van der Waals surface area contributed by atoms with Gasteiger partial charge in [0.05, 0.1) is 11.3 Å². The summed E-state index contributed by atoms with van der Waals surface area (Å²) in [7, 11) is 0. The first-order valence-corrected chi connectivity index (χ1v) is 11.0. The van der Waals surface area contributed by atoms with E-state index in [9.17, 15) is 14.4 Å². The van der Waals surface area contributed by atoms with E-state index in [-0.39, 0.29) is 30.9 Å². The highest BCUT2D eigenvalue weighted by Crippen LogP contribution is 2.32. The lowest BCUT2D eigenvalue weighted by molar-refractivity contribution is -0.116. The number of benzene rings is 3. The molecule has 3 aromatic rings. The minimum absolute atomic E-state index is 0.175. The maximum Gasteiger partial charge on any atom is 0.253 e. The Morgan fingerprint density at radius 3 is 2.41 bits per heavy atom. The first kappa shape index (κ1) is 22.8. The maximum atomic E-state index is 12.8. The molecular formula is C26H25N3O5. The quantitative estimate of drug-likeness (QED) is 0.425. The van der Waals surface area contributed by atoms with E-state index in [0.717, 1.165) is 5.56 Å². The van der Waals surface area contributed by atoms with E-state index in [4.69, 9.17) is 9.47 Å². The van der Waals surface area contributed by atoms with E-state index in [2.05, 4.69) is 16.0 Å². The number of fused-ring (bicyclic) bond motifs is 1. The summed E-state index contributed by atoms with van der Waals surface area (Å²) in [6.45, 7) is 0.870. The summed E-state index contributed by atoms with van der Waals surface area (Å²) in [6, 6.07) is 21.2. The number of anilines is 1. The van der Waals surface area contributed by atoms with Crippen LogP contribution in [0, 0.1) is 0 Å². The first-order valence-electron chi connectivity index (χ1n) is 11.0. The number of carbonyl (C=O) groups is 3. The van der Waals surface area contributed by atoms with Gasteiger partial charge < -0.3 is 25.4 Å². The van der Waals surface area contributed by atoms with Crippen LogP contribution in [-0.2, 0) is 11.3 Å². The molecule has 0 spiro atoms. The molecule has 0 aromatic heterocycles. The van der Waals surface area contributed by atoms with Crippen LogP contribution in [0.5, 0.6) is 11.5 Å². The number of amides is 3. The Labute approximate surface area is 197 Å². The number of rotatable bonds is 9. The van der Waals surface area contributed by atoms with Crippen LogP contribution in [0.1, 0.15) is 39.1 Å². The van der Waals surface area contributed by atoms with Crippen molar-refractivity contribution >= 4 is 23.4 Å². The van der Waals surface area contributed by atoms with Gasteiger partial charge in [-0.1, -0.05) is 36.4 Å². The Balaban J connectivity index is 1.25. The number of hydrogen-bond donors (Lipinski definition) is 3. The predicted molar refractivity (Wildman–Crippen MR) is 127 cm³/mol. The molecule has 8 nitrogen and oxygen atoms in total. The van der Waals surface area contributed by atoms with E-state index in [0.29, 0.717) is 47.8 Å². The molecule has 4 rings (SSSR count). The molecule has 34 heavy (non-hydrogen) atoms. The summed E-state index contributed by atoms with van der Waals surface area (Å²) in [5, 5.41) is 8.46. The third-order valence-corrected chi connectivity index (χ3v) is 5.24. The highest BCUT2D eigenvalue weighted by molar-refractivity contribution is 6.03. The molecule has 3 amide bonds. The van der Waals surface area contributed by atoms with Crippen molar-refractivity contribution in [3.8, 4) is 11.5 Å². The first-order chi connectivity index (χ1) is 16.6. The third kappa shape index (κ3) is 5.92. The van der Waals surface area contributed by atoms with Crippen molar-refractivity contribution in [2.24, 2.45) is 0 Å². The normalized spacial score (nSPS) is 11.5. The monoisotopic (exact) mass is 459 g/mol. The Hall–Kier alpha value is -4.33. The van der Waals surface area contributed by atoms with Gasteiger partial charge in [0.25, 0.3) is 11.8 Å². The summed E-state index contributed by atoms with van der Waals surface area (Å²) in [5.74, 6) is 0.626. The van der Waals surface area contributed by atoms with Crippen molar-refractivity contribution in [2.45, 2.75) is 19.4 Å². The van der Waals surface area contributed by atoms with Gasteiger partial charge in [-0.2, -0.15) is 0 Å². The second-order valence-electron chi connectivity index (χ2n) is 7.69. The zero-order valence-corrected chi connectivity index (χ0v) is 18.5. The fourth-order valence-electron chi connectivity index (χ4n) is 3.47. The average molecular weight is 460 g/mol. The highest BCUT2D eigenvalue weighted by Gasteiger charge is 2.16. The van der Waals surface area contributed by atoms with E-state index in [1.165, 1.54) is 0 Å². The van der Waals surface area contributed by atoms with Crippen molar-refractivity contribution in [1.82, 2.24) is 10.6 Å². The van der Waals surface area contributed by atoms with E-state index < -0.39 is 0 Å². The summed E-state index contributed by atoms with van der Waals surface area (Å²) in [6.07, 6.45) is 0.686. The molecule has 1 aliphatic rings. The van der Waals surface area contributed by atoms with Crippen LogP contribution < -0.4 is 25.4 Å². The number of hydrogen-bond acceptors (Lipinski definition) is 5. The molecule has 1 aliphatic heterocycles. The lowest BCUT2D eigenvalue weighted by Gasteiger charge is -2.12. The SMILES string of the molecule is O=C(CCCNC(=O)c1ccccc1)Nc1ccccc1C(=O)NCc1ccc2c(c1)OCO2. The lowest BCUT2D eigenvalue weighted by Crippen LogP contribution is -2.26. The average Bonchev–Trinajstić information content (AvgIpc) is 3.34. The van der Waals surface area contributed by atoms with Crippen molar-refractivity contribution in [3.63, 3.8) is 0 Å². The number of ether oxygens (including phenoxy) is 2. The smallest absolute Gasteiger partial charge is 0.253 e. The second-order valence-corrected chi connectivity index (χ2v) is 7.69. The zero-order chi connectivity index (χ0) is 23.8. The minimum atomic E-state index is -0.302. The molecule has 0 unspecified atom stereocenters. The van der Waals surface area contributed by atoms with Crippen LogP contribution >= 0.6 is 0 Å². The van der Waals surface area contributed by atoms with Gasteiger partial charge >= 0.3 is 0 Å². The molecule has 0 bridgehead atoms. The largest absolute Gasteiger partial charge is 0.454 e. The number of carbonyl (C=O) groups excluding carboxylic acids is 3. The molecule has 3 aromatic carbocycles. The molecule has 0 radical (unpaired) electrons. The van der Waals surface area contributed by atoms with Gasteiger partial charge in [-0.25, -0.2) is 0 Å². The Morgan fingerprint density at radius 2 is 1.56 bits per heavy atom. The summed E-state index contributed by atoms with van der Waals surface area (Å²) < 4.78 is 10.7. The van der Waals surface area contributed by atoms with Crippen molar-refractivity contribution < 1.29 is 23.9 Å². The van der Waals surface area contributed by atoms with Crippen molar-refractivity contribution in [2.75, 3.05) is 18.7 Å². The van der Waals surface area contributed by atoms with Crippen LogP contribution in [0.15, 0.2) is 72.8 Å². The number of para-hydroxylation sites is 1. The molecule has 8 heteroatoms. The molecule has 1 heterocycles. The van der Waals surface area contributed by atoms with Gasteiger partial charge in [-0.05, 0) is 48.4 Å². The highest BCUT2D eigenvalue weighted by atomic mass is 16.7. The van der Waals surface area contributed by atoms with E-state index in [1.807, 2.05) is 18.2 Å². The fraction of sp³-hybridized carbons (Fsp3) is 0.192. The topological polar surface area (TPSA) is 106 Å². The minimum Gasteiger partial charge on any atom is -0.454 e. The van der Waals surface area contributed by atoms with Gasteiger partial charge in [-0.15, -0.1) is 0 Å². The van der Waals surface area contributed by atoms with Gasteiger partial charge in [0.1, 0.15) is 0 Å². The molecule has 0 atom stereocenters. The van der Waals surface area contributed by atoms with Gasteiger partial charge in [0.15, 0.2) is 11.5 Å². The Morgan fingerprint density at radius 1 is 0.794 bits per heavy atom. The lowest BCUT2D eigenvalue weighted by atomic mass is 10.1. The Kier molecular flexibility index (Phi) is 7.39. The number of nitrogens with one attached hydrogen (secondary N) is 3. The van der Waals surface area contributed by atoms with Crippen molar-refractivity contribution in [1.29, 1.82) is 0 Å².